The predicted octanol–water partition coefficient (Wildman–Crippen LogP) is 3.77. The van der Waals surface area contributed by atoms with Gasteiger partial charge in [0, 0.05) is 29.2 Å². The van der Waals surface area contributed by atoms with E-state index in [0.717, 1.165) is 11.1 Å². The Balaban J connectivity index is 1.14. The van der Waals surface area contributed by atoms with Crippen molar-refractivity contribution in [2.75, 3.05) is 0 Å². The number of nitrogens with one attached hydrogen (secondary N) is 2. The van der Waals surface area contributed by atoms with Gasteiger partial charge < -0.3 is 20.8 Å². The molecule has 6 aromatic rings. The predicted molar refractivity (Wildman–Crippen MR) is 159 cm³/mol. The fourth-order valence-electron chi connectivity index (χ4n) is 4.72. The van der Waals surface area contributed by atoms with Crippen molar-refractivity contribution in [3.8, 4) is 22.9 Å². The third-order valence-corrected chi connectivity index (χ3v) is 7.01. The average Bonchev–Trinajstić information content (AvgIpc) is 3.61. The van der Waals surface area contributed by atoms with Crippen LogP contribution in [0.5, 0.6) is 11.5 Å². The van der Waals surface area contributed by atoms with E-state index < -0.39 is 11.8 Å². The van der Waals surface area contributed by atoms with E-state index in [2.05, 4.69) is 31.0 Å². The summed E-state index contributed by atoms with van der Waals surface area (Å²) in [6, 6.07) is 19.2. The summed E-state index contributed by atoms with van der Waals surface area (Å²) in [5, 5.41) is 45.1. The number of halogens is 1. The molecule has 216 valence electrons. The quantitative estimate of drug-likeness (QED) is 0.211. The van der Waals surface area contributed by atoms with E-state index in [9.17, 15) is 19.8 Å². The lowest BCUT2D eigenvalue weighted by Crippen LogP contribution is -2.39. The van der Waals surface area contributed by atoms with E-state index in [1.165, 1.54) is 9.59 Å². The summed E-state index contributed by atoms with van der Waals surface area (Å²) in [5.41, 5.74) is 5.49. The van der Waals surface area contributed by atoms with Crippen LogP contribution < -0.4 is 10.6 Å². The molecule has 0 saturated carbocycles. The molecule has 4 aromatic carbocycles. The number of benzene rings is 4. The van der Waals surface area contributed by atoms with Crippen LogP contribution in [-0.2, 0) is 22.7 Å². The van der Waals surface area contributed by atoms with Gasteiger partial charge in [0.25, 0.3) is 0 Å². The molecule has 13 heteroatoms. The van der Waals surface area contributed by atoms with Gasteiger partial charge in [-0.3, -0.25) is 9.59 Å². The second-order valence-electron chi connectivity index (χ2n) is 10.0. The van der Waals surface area contributed by atoms with Crippen molar-refractivity contribution < 1.29 is 19.8 Å². The van der Waals surface area contributed by atoms with Crippen LogP contribution in [0.25, 0.3) is 33.4 Å². The van der Waals surface area contributed by atoms with E-state index in [1.807, 2.05) is 38.1 Å². The lowest BCUT2D eigenvalue weighted by Gasteiger charge is -2.13. The van der Waals surface area contributed by atoms with Gasteiger partial charge in [-0.15, -0.1) is 30.0 Å². The van der Waals surface area contributed by atoms with Crippen LogP contribution in [-0.4, -0.2) is 52.0 Å². The van der Waals surface area contributed by atoms with Gasteiger partial charge in [0.2, 0.25) is 0 Å². The Labute approximate surface area is 249 Å². The Kier molecular flexibility index (Phi) is 7.12. The molecule has 2 amide bonds. The van der Waals surface area contributed by atoms with Gasteiger partial charge in [-0.1, -0.05) is 35.9 Å². The first-order valence-electron chi connectivity index (χ1n) is 13.2. The molecular weight excluding hydrogens is 572 g/mol. The van der Waals surface area contributed by atoms with E-state index in [1.54, 1.807) is 42.5 Å². The molecule has 0 saturated heterocycles. The van der Waals surface area contributed by atoms with Crippen molar-refractivity contribution in [3.05, 3.63) is 94.0 Å². The number of aromatic hydroxyl groups is 2. The Morgan fingerprint density at radius 1 is 0.674 bits per heavy atom. The largest absolute Gasteiger partial charge is 0.505 e. The lowest BCUT2D eigenvalue weighted by atomic mass is 10.1. The third-order valence-electron chi connectivity index (χ3n) is 6.77. The van der Waals surface area contributed by atoms with Crippen molar-refractivity contribution in [1.29, 1.82) is 0 Å². The maximum atomic E-state index is 12.6. The first-order chi connectivity index (χ1) is 20.7. The number of phenols is 2. The van der Waals surface area contributed by atoms with Gasteiger partial charge in [-0.05, 0) is 67.4 Å². The highest BCUT2D eigenvalue weighted by molar-refractivity contribution is 6.35. The monoisotopic (exact) mass is 596 g/mol. The van der Waals surface area contributed by atoms with Crippen molar-refractivity contribution >= 4 is 45.5 Å². The van der Waals surface area contributed by atoms with E-state index in [4.69, 9.17) is 11.6 Å². The number of carbonyl (C=O) groups is 2. The highest BCUT2D eigenvalue weighted by Gasteiger charge is 2.19. The maximum absolute atomic E-state index is 12.6. The minimum Gasteiger partial charge on any atom is -0.505 e. The molecule has 0 unspecified atom stereocenters. The number of rotatable bonds is 6. The van der Waals surface area contributed by atoms with Gasteiger partial charge in [-0.2, -0.15) is 0 Å². The number of nitrogens with zero attached hydrogens (tertiary/aromatic N) is 6. The summed E-state index contributed by atoms with van der Waals surface area (Å²) in [6.07, 6.45) is 0. The fourth-order valence-corrected chi connectivity index (χ4v) is 4.88. The summed E-state index contributed by atoms with van der Waals surface area (Å²) in [4.78, 5) is 27.9. The van der Waals surface area contributed by atoms with Crippen LogP contribution in [0, 0.1) is 13.8 Å². The second-order valence-corrected chi connectivity index (χ2v) is 10.5. The Morgan fingerprint density at radius 3 is 1.60 bits per heavy atom. The van der Waals surface area contributed by atoms with Gasteiger partial charge in [0.15, 0.2) is 0 Å². The zero-order chi connectivity index (χ0) is 30.2. The summed E-state index contributed by atoms with van der Waals surface area (Å²) in [7, 11) is 0. The van der Waals surface area contributed by atoms with Crippen LogP contribution in [0.15, 0.2) is 66.7 Å². The SMILES string of the molecule is Cc1cc(CNC(=O)C(=O)NCc2cc(C)cc(-n3nc4ccc(Cl)cc4n3)c2O)c(O)c(-n2nc3ccccc3n2)c1. The normalized spacial score (nSPS) is 11.2. The molecule has 0 atom stereocenters. The smallest absolute Gasteiger partial charge is 0.309 e. The van der Waals surface area contributed by atoms with Gasteiger partial charge in [0.1, 0.15) is 44.9 Å². The zero-order valence-electron chi connectivity index (χ0n) is 23.0. The lowest BCUT2D eigenvalue weighted by molar-refractivity contribution is -0.139. The fraction of sp³-hybridized carbons (Fsp3) is 0.133. The van der Waals surface area contributed by atoms with Gasteiger partial charge in [-0.25, -0.2) is 0 Å². The minimum atomic E-state index is -0.910. The van der Waals surface area contributed by atoms with Crippen LogP contribution >= 0.6 is 11.6 Å². The molecule has 43 heavy (non-hydrogen) atoms. The molecule has 2 heterocycles. The molecule has 2 aromatic heterocycles. The first-order valence-corrected chi connectivity index (χ1v) is 13.6. The number of carbonyl (C=O) groups excluding carboxylic acids is 2. The maximum Gasteiger partial charge on any atom is 0.309 e. The third kappa shape index (κ3) is 5.55. The topological polar surface area (TPSA) is 160 Å². The summed E-state index contributed by atoms with van der Waals surface area (Å²) in [5.74, 6) is -2.08. The van der Waals surface area contributed by atoms with E-state index in [0.29, 0.717) is 49.6 Å². The van der Waals surface area contributed by atoms with Gasteiger partial charge >= 0.3 is 11.8 Å². The number of aromatic nitrogens is 6. The molecule has 6 rings (SSSR count). The summed E-state index contributed by atoms with van der Waals surface area (Å²) >= 11 is 6.05. The van der Waals surface area contributed by atoms with E-state index >= 15 is 0 Å². The number of amides is 2. The number of phenolic OH excluding ortho intramolecular Hbond substituents is 2. The minimum absolute atomic E-state index is 0.115. The van der Waals surface area contributed by atoms with Crippen LogP contribution in [0.4, 0.5) is 0 Å². The summed E-state index contributed by atoms with van der Waals surface area (Å²) in [6.45, 7) is 3.42. The second kappa shape index (κ2) is 11.1. The zero-order valence-corrected chi connectivity index (χ0v) is 23.8. The standard InChI is InChI=1S/C30H25ClN8O4/c1-16-9-18(27(40)25(11-16)38-34-21-5-3-4-6-22(21)35-38)14-32-29(42)30(43)33-15-19-10-17(2)12-26(28(19)41)39-36-23-8-7-20(31)13-24(23)37-39/h3-13,40-41H,14-15H2,1-2H3,(H,32,42)(H,33,43). The number of hydrogen-bond donors (Lipinski definition) is 4. The Hall–Kier alpha value is -5.49. The highest BCUT2D eigenvalue weighted by atomic mass is 35.5. The van der Waals surface area contributed by atoms with Crippen molar-refractivity contribution in [2.24, 2.45) is 0 Å². The van der Waals surface area contributed by atoms with Crippen LogP contribution in [0.1, 0.15) is 22.3 Å². The van der Waals surface area contributed by atoms with Crippen molar-refractivity contribution in [3.63, 3.8) is 0 Å². The van der Waals surface area contributed by atoms with Crippen LogP contribution in [0.3, 0.4) is 0 Å². The molecule has 0 bridgehead atoms. The molecule has 0 aliphatic rings. The highest BCUT2D eigenvalue weighted by Crippen LogP contribution is 2.29. The average molecular weight is 597 g/mol. The Bertz CT molecular complexity index is 2020. The molecule has 4 N–H and O–H groups in total. The molecule has 0 radical (unpaired) electrons. The van der Waals surface area contributed by atoms with Gasteiger partial charge in [0.05, 0.1) is 0 Å². The number of aryl methyl sites for hydroxylation is 2. The van der Waals surface area contributed by atoms with Crippen molar-refractivity contribution in [1.82, 2.24) is 40.6 Å². The van der Waals surface area contributed by atoms with E-state index in [-0.39, 0.29) is 24.6 Å². The molecule has 0 aliphatic heterocycles. The molecule has 0 spiro atoms. The Morgan fingerprint density at radius 2 is 1.12 bits per heavy atom. The number of fused-ring (bicyclic) bond motifs is 2. The van der Waals surface area contributed by atoms with Crippen molar-refractivity contribution in [2.45, 2.75) is 26.9 Å². The molecular formula is C30H25ClN8O4. The first kappa shape index (κ1) is 27.7. The molecule has 0 fully saturated rings. The number of hydrogen-bond acceptors (Lipinski definition) is 8. The van der Waals surface area contributed by atoms with Crippen LogP contribution in [0.2, 0.25) is 5.02 Å². The molecule has 12 nitrogen and oxygen atoms in total. The summed E-state index contributed by atoms with van der Waals surface area (Å²) < 4.78 is 0. The molecule has 0 aliphatic carbocycles.